The molecule has 0 aromatic heterocycles. The Morgan fingerprint density at radius 1 is 1.53 bits per heavy atom. The summed E-state index contributed by atoms with van der Waals surface area (Å²) in [6, 6.07) is 5.30. The van der Waals surface area contributed by atoms with Crippen molar-refractivity contribution in [2.24, 2.45) is 0 Å². The van der Waals surface area contributed by atoms with Crippen molar-refractivity contribution in [2.75, 3.05) is 25.0 Å². The first-order valence-electron chi connectivity index (χ1n) is 5.08. The first-order chi connectivity index (χ1) is 7.20. The molecule has 1 heterocycles. The zero-order valence-corrected chi connectivity index (χ0v) is 9.39. The molecule has 0 spiro atoms. The van der Waals surface area contributed by atoms with Gasteiger partial charge in [0.25, 0.3) is 0 Å². The van der Waals surface area contributed by atoms with Crippen molar-refractivity contribution in [1.29, 1.82) is 0 Å². The summed E-state index contributed by atoms with van der Waals surface area (Å²) in [7, 11) is 1.94. The van der Waals surface area contributed by atoms with Crippen LogP contribution in [0.1, 0.15) is 6.42 Å². The van der Waals surface area contributed by atoms with Crippen molar-refractivity contribution in [1.82, 2.24) is 5.32 Å². The Labute approximate surface area is 94.0 Å². The highest BCUT2D eigenvalue weighted by Gasteiger charge is 2.22. The second-order valence-corrected chi connectivity index (χ2v) is 4.25. The number of anilines is 1. The van der Waals surface area contributed by atoms with Crippen molar-refractivity contribution < 1.29 is 4.39 Å². The lowest BCUT2D eigenvalue weighted by atomic mass is 10.3. The Morgan fingerprint density at radius 2 is 2.33 bits per heavy atom. The highest BCUT2D eigenvalue weighted by molar-refractivity contribution is 6.30. The summed E-state index contributed by atoms with van der Waals surface area (Å²) in [5.74, 6) is -0.237. The minimum absolute atomic E-state index is 0.237. The predicted molar refractivity (Wildman–Crippen MR) is 61.1 cm³/mol. The molecule has 0 bridgehead atoms. The number of rotatable bonds is 2. The first-order valence-corrected chi connectivity index (χ1v) is 5.46. The van der Waals surface area contributed by atoms with Gasteiger partial charge in [0.15, 0.2) is 0 Å². The Bertz CT molecular complexity index is 356. The van der Waals surface area contributed by atoms with Gasteiger partial charge >= 0.3 is 0 Å². The maximum Gasteiger partial charge on any atom is 0.147 e. The number of likely N-dealkylation sites (N-methyl/N-ethyl adjacent to an activating group) is 1. The molecule has 0 saturated carbocycles. The zero-order valence-electron chi connectivity index (χ0n) is 8.63. The van der Waals surface area contributed by atoms with E-state index in [9.17, 15) is 4.39 Å². The van der Waals surface area contributed by atoms with Crippen molar-refractivity contribution in [3.63, 3.8) is 0 Å². The summed E-state index contributed by atoms with van der Waals surface area (Å²) in [5.41, 5.74) is 0.650. The van der Waals surface area contributed by atoms with Crippen molar-refractivity contribution in [3.05, 3.63) is 29.0 Å². The molecule has 0 unspecified atom stereocenters. The average Bonchev–Trinajstić information content (AvgIpc) is 2.66. The summed E-state index contributed by atoms with van der Waals surface area (Å²) in [5, 5.41) is 3.65. The van der Waals surface area contributed by atoms with E-state index in [2.05, 4.69) is 5.32 Å². The van der Waals surface area contributed by atoms with E-state index in [1.165, 1.54) is 6.07 Å². The third-order valence-electron chi connectivity index (χ3n) is 2.85. The second kappa shape index (κ2) is 4.37. The van der Waals surface area contributed by atoms with Crippen LogP contribution in [0.25, 0.3) is 0 Å². The minimum Gasteiger partial charge on any atom is -0.368 e. The molecule has 4 heteroatoms. The van der Waals surface area contributed by atoms with Crippen LogP contribution in [-0.4, -0.2) is 26.2 Å². The number of halogens is 2. The highest BCUT2D eigenvalue weighted by Crippen LogP contribution is 2.25. The zero-order chi connectivity index (χ0) is 10.8. The Hall–Kier alpha value is -0.800. The fraction of sp³-hybridized carbons (Fsp3) is 0.455. The molecule has 2 rings (SSSR count). The molecule has 1 aromatic carbocycles. The SMILES string of the molecule is CN[C@@H]1CCN(c2ccc(Cl)cc2F)C1. The molecule has 1 aliphatic rings. The molecule has 1 atom stereocenters. The van der Waals surface area contributed by atoms with Gasteiger partial charge < -0.3 is 10.2 Å². The highest BCUT2D eigenvalue weighted by atomic mass is 35.5. The normalized spacial score (nSPS) is 21.0. The smallest absolute Gasteiger partial charge is 0.147 e. The molecule has 2 nitrogen and oxygen atoms in total. The number of hydrogen-bond donors (Lipinski definition) is 1. The topological polar surface area (TPSA) is 15.3 Å². The van der Waals surface area contributed by atoms with Gasteiger partial charge in [-0.25, -0.2) is 4.39 Å². The fourth-order valence-corrected chi connectivity index (χ4v) is 2.11. The van der Waals surface area contributed by atoms with E-state index in [0.29, 0.717) is 16.8 Å². The molecule has 0 aliphatic carbocycles. The number of nitrogens with one attached hydrogen (secondary N) is 1. The second-order valence-electron chi connectivity index (χ2n) is 3.82. The number of benzene rings is 1. The lowest BCUT2D eigenvalue weighted by Gasteiger charge is -2.19. The van der Waals surface area contributed by atoms with Crippen LogP contribution in [0, 0.1) is 5.82 Å². The van der Waals surface area contributed by atoms with Crippen LogP contribution in [0.2, 0.25) is 5.02 Å². The largest absolute Gasteiger partial charge is 0.368 e. The van der Waals surface area contributed by atoms with E-state index < -0.39 is 0 Å². The van der Waals surface area contributed by atoms with Crippen LogP contribution in [0.4, 0.5) is 10.1 Å². The summed E-state index contributed by atoms with van der Waals surface area (Å²) < 4.78 is 13.6. The molecule has 0 amide bonds. The van der Waals surface area contributed by atoms with E-state index in [1.54, 1.807) is 12.1 Å². The summed E-state index contributed by atoms with van der Waals surface area (Å²) in [6.45, 7) is 1.75. The van der Waals surface area contributed by atoms with Crippen molar-refractivity contribution in [2.45, 2.75) is 12.5 Å². The van der Waals surface area contributed by atoms with Gasteiger partial charge in [0.2, 0.25) is 0 Å². The molecule has 82 valence electrons. The molecule has 1 aromatic rings. The Morgan fingerprint density at radius 3 is 2.93 bits per heavy atom. The van der Waals surface area contributed by atoms with Gasteiger partial charge in [0, 0.05) is 24.2 Å². The van der Waals surface area contributed by atoms with Gasteiger partial charge in [-0.05, 0) is 31.7 Å². The fourth-order valence-electron chi connectivity index (χ4n) is 1.95. The summed E-state index contributed by atoms with van der Waals surface area (Å²) in [6.07, 6.45) is 1.05. The van der Waals surface area contributed by atoms with Crippen molar-refractivity contribution >= 4 is 17.3 Å². The van der Waals surface area contributed by atoms with E-state index in [4.69, 9.17) is 11.6 Å². The quantitative estimate of drug-likeness (QED) is 0.836. The van der Waals surface area contributed by atoms with Crippen LogP contribution in [-0.2, 0) is 0 Å². The van der Waals surface area contributed by atoms with E-state index >= 15 is 0 Å². The Kier molecular flexibility index (Phi) is 3.12. The maximum atomic E-state index is 13.6. The molecule has 1 N–H and O–H groups in total. The standard InChI is InChI=1S/C11H14ClFN2/c1-14-9-4-5-15(7-9)11-3-2-8(12)6-10(11)13/h2-3,6,9,14H,4-5,7H2,1H3/t9-/m1/s1. The van der Waals surface area contributed by atoms with Gasteiger partial charge in [0.05, 0.1) is 5.69 Å². The van der Waals surface area contributed by atoms with Gasteiger partial charge in [-0.3, -0.25) is 0 Å². The monoisotopic (exact) mass is 228 g/mol. The van der Waals surface area contributed by atoms with E-state index in [-0.39, 0.29) is 5.82 Å². The average molecular weight is 229 g/mol. The van der Waals surface area contributed by atoms with Gasteiger partial charge in [-0.1, -0.05) is 11.6 Å². The predicted octanol–water partition coefficient (Wildman–Crippen LogP) is 2.28. The molecule has 15 heavy (non-hydrogen) atoms. The first kappa shape index (κ1) is 10.7. The third kappa shape index (κ3) is 2.24. The number of hydrogen-bond acceptors (Lipinski definition) is 2. The molecular weight excluding hydrogens is 215 g/mol. The van der Waals surface area contributed by atoms with E-state index in [1.807, 2.05) is 11.9 Å². The van der Waals surface area contributed by atoms with Gasteiger partial charge in [-0.15, -0.1) is 0 Å². The third-order valence-corrected chi connectivity index (χ3v) is 3.08. The Balaban J connectivity index is 2.17. The van der Waals surface area contributed by atoms with Crippen LogP contribution in [0.5, 0.6) is 0 Å². The van der Waals surface area contributed by atoms with Crippen LogP contribution in [0.3, 0.4) is 0 Å². The molecule has 0 radical (unpaired) electrons. The van der Waals surface area contributed by atoms with Crippen LogP contribution >= 0.6 is 11.6 Å². The summed E-state index contributed by atoms with van der Waals surface area (Å²) in [4.78, 5) is 2.05. The lowest BCUT2D eigenvalue weighted by Crippen LogP contribution is -2.29. The van der Waals surface area contributed by atoms with Crippen LogP contribution < -0.4 is 10.2 Å². The molecule has 1 aliphatic heterocycles. The summed E-state index contributed by atoms with van der Waals surface area (Å²) >= 11 is 5.71. The lowest BCUT2D eigenvalue weighted by molar-refractivity contribution is 0.609. The van der Waals surface area contributed by atoms with Gasteiger partial charge in [0.1, 0.15) is 5.82 Å². The van der Waals surface area contributed by atoms with E-state index in [0.717, 1.165) is 19.5 Å². The molecular formula is C11H14ClFN2. The number of nitrogens with zero attached hydrogens (tertiary/aromatic N) is 1. The van der Waals surface area contributed by atoms with Crippen LogP contribution in [0.15, 0.2) is 18.2 Å². The van der Waals surface area contributed by atoms with Gasteiger partial charge in [-0.2, -0.15) is 0 Å². The maximum absolute atomic E-state index is 13.6. The minimum atomic E-state index is -0.237. The molecule has 1 fully saturated rings. The van der Waals surface area contributed by atoms with Crippen molar-refractivity contribution in [3.8, 4) is 0 Å². The molecule has 1 saturated heterocycles.